The largest absolute Gasteiger partial charge is 0.497 e. The summed E-state index contributed by atoms with van der Waals surface area (Å²) in [6.45, 7) is 0. The summed E-state index contributed by atoms with van der Waals surface area (Å²) in [5.74, 6) is 2.76. The van der Waals surface area contributed by atoms with Crippen molar-refractivity contribution in [3.05, 3.63) is 59.9 Å². The minimum Gasteiger partial charge on any atom is -0.497 e. The molecule has 1 fully saturated rings. The normalized spacial score (nSPS) is 13.4. The molecule has 1 aromatic heterocycles. The number of nitrogens with zero attached hydrogens (tertiary/aromatic N) is 3. The summed E-state index contributed by atoms with van der Waals surface area (Å²) in [5, 5.41) is 5.26. The molecule has 0 unspecified atom stereocenters. The highest BCUT2D eigenvalue weighted by atomic mass is 32.2. The molecule has 1 aliphatic carbocycles. The highest BCUT2D eigenvalue weighted by Gasteiger charge is 2.30. The number of hydrogen-bond donors (Lipinski definition) is 0. The van der Waals surface area contributed by atoms with Gasteiger partial charge in [-0.25, -0.2) is 9.67 Å². The van der Waals surface area contributed by atoms with E-state index in [2.05, 4.69) is 5.10 Å². The van der Waals surface area contributed by atoms with Crippen molar-refractivity contribution >= 4 is 17.5 Å². The van der Waals surface area contributed by atoms with Gasteiger partial charge in [-0.05, 0) is 43.2 Å². The number of thioether (sulfide) groups is 1. The molecule has 6 nitrogen and oxygen atoms in total. The van der Waals surface area contributed by atoms with Crippen molar-refractivity contribution in [1.82, 2.24) is 14.8 Å². The Balaban J connectivity index is 1.53. The minimum atomic E-state index is -0.0511. The van der Waals surface area contributed by atoms with Gasteiger partial charge in [-0.1, -0.05) is 30.0 Å². The number of Topliss-reactive ketones (excluding diaryl/α,β-unsaturated/α-hetero) is 1. The van der Waals surface area contributed by atoms with Gasteiger partial charge in [-0.3, -0.25) is 4.79 Å². The van der Waals surface area contributed by atoms with E-state index in [1.807, 2.05) is 35.0 Å². The quantitative estimate of drug-likeness (QED) is 0.422. The molecule has 7 heteroatoms. The summed E-state index contributed by atoms with van der Waals surface area (Å²) in [6, 6.07) is 15.2. The molecule has 0 bridgehead atoms. The molecule has 1 heterocycles. The number of para-hydroxylation sites is 1. The van der Waals surface area contributed by atoms with Gasteiger partial charge in [0.2, 0.25) is 5.16 Å². The van der Waals surface area contributed by atoms with Crippen LogP contribution in [0, 0.1) is 0 Å². The number of carbonyl (C=O) groups excluding carboxylic acids is 1. The summed E-state index contributed by atoms with van der Waals surface area (Å²) in [6.07, 6.45) is 2.27. The van der Waals surface area contributed by atoms with Gasteiger partial charge in [0.15, 0.2) is 5.78 Å². The Kier molecular flexibility index (Phi) is 5.34. The lowest BCUT2D eigenvalue weighted by Gasteiger charge is -2.09. The highest BCUT2D eigenvalue weighted by molar-refractivity contribution is 7.99. The van der Waals surface area contributed by atoms with Crippen molar-refractivity contribution in [2.45, 2.75) is 23.9 Å². The van der Waals surface area contributed by atoms with Crippen LogP contribution in [0.3, 0.4) is 0 Å². The lowest BCUT2D eigenvalue weighted by Crippen LogP contribution is -2.06. The number of ketones is 1. The molecule has 3 aromatic rings. The molecule has 0 saturated heterocycles. The third-order valence-corrected chi connectivity index (χ3v) is 5.43. The van der Waals surface area contributed by atoms with E-state index in [-0.39, 0.29) is 11.5 Å². The zero-order valence-electron chi connectivity index (χ0n) is 15.8. The number of carbonyl (C=O) groups is 1. The fourth-order valence-corrected chi connectivity index (χ4v) is 3.68. The van der Waals surface area contributed by atoms with Crippen molar-refractivity contribution in [2.75, 3.05) is 20.0 Å². The van der Waals surface area contributed by atoms with Crippen LogP contribution in [0.4, 0.5) is 0 Å². The summed E-state index contributed by atoms with van der Waals surface area (Å²) in [5.41, 5.74) is 1.49. The van der Waals surface area contributed by atoms with E-state index in [1.165, 1.54) is 11.8 Å². The summed E-state index contributed by atoms with van der Waals surface area (Å²) < 4.78 is 12.4. The molecule has 28 heavy (non-hydrogen) atoms. The van der Waals surface area contributed by atoms with Gasteiger partial charge >= 0.3 is 0 Å². The highest BCUT2D eigenvalue weighted by Crippen LogP contribution is 2.40. The smallest absolute Gasteiger partial charge is 0.209 e. The zero-order chi connectivity index (χ0) is 19.5. The van der Waals surface area contributed by atoms with Crippen LogP contribution in [0.1, 0.15) is 34.9 Å². The molecular formula is C21H21N3O3S. The molecule has 144 valence electrons. The number of rotatable bonds is 8. The number of aromatic nitrogens is 3. The van der Waals surface area contributed by atoms with Crippen molar-refractivity contribution in [1.29, 1.82) is 0 Å². The SMILES string of the molecule is COc1ccc(OC)c(C(=O)CSc2nc(C3CC3)n(-c3ccccc3)n2)c1. The van der Waals surface area contributed by atoms with Crippen LogP contribution < -0.4 is 9.47 Å². The fourth-order valence-electron chi connectivity index (χ4n) is 2.97. The average molecular weight is 395 g/mol. The van der Waals surface area contributed by atoms with Gasteiger partial charge in [0.1, 0.15) is 17.3 Å². The second kappa shape index (κ2) is 8.06. The van der Waals surface area contributed by atoms with E-state index < -0.39 is 0 Å². The first-order valence-electron chi connectivity index (χ1n) is 9.10. The summed E-state index contributed by atoms with van der Waals surface area (Å²) >= 11 is 1.34. The number of ether oxygens (including phenoxy) is 2. The summed E-state index contributed by atoms with van der Waals surface area (Å²) in [4.78, 5) is 17.5. The van der Waals surface area contributed by atoms with Crippen LogP contribution in [0.2, 0.25) is 0 Å². The molecule has 0 radical (unpaired) electrons. The maximum atomic E-state index is 12.8. The number of methoxy groups -OCH3 is 2. The van der Waals surface area contributed by atoms with Crippen LogP contribution in [0.15, 0.2) is 53.7 Å². The maximum Gasteiger partial charge on any atom is 0.209 e. The lowest BCUT2D eigenvalue weighted by molar-refractivity contribution is 0.101. The second-order valence-corrected chi connectivity index (χ2v) is 7.49. The molecule has 0 N–H and O–H groups in total. The van der Waals surface area contributed by atoms with Crippen LogP contribution in [0.5, 0.6) is 11.5 Å². The lowest BCUT2D eigenvalue weighted by atomic mass is 10.1. The van der Waals surface area contributed by atoms with Gasteiger partial charge in [-0.2, -0.15) is 0 Å². The molecule has 1 aliphatic rings. The Bertz CT molecular complexity index is 984. The van der Waals surface area contributed by atoms with Gasteiger partial charge < -0.3 is 9.47 Å². The van der Waals surface area contributed by atoms with E-state index in [0.29, 0.717) is 28.1 Å². The number of hydrogen-bond acceptors (Lipinski definition) is 6. The topological polar surface area (TPSA) is 66.2 Å². The molecule has 0 spiro atoms. The second-order valence-electron chi connectivity index (χ2n) is 6.55. The standard InChI is InChI=1S/C21H21N3O3S/c1-26-16-10-11-19(27-2)17(12-16)18(25)13-28-21-22-20(14-8-9-14)24(23-21)15-6-4-3-5-7-15/h3-7,10-12,14H,8-9,13H2,1-2H3. The zero-order valence-corrected chi connectivity index (χ0v) is 16.6. The van der Waals surface area contributed by atoms with Crippen molar-refractivity contribution in [2.24, 2.45) is 0 Å². The Hall–Kier alpha value is -2.80. The molecular weight excluding hydrogens is 374 g/mol. The van der Waals surface area contributed by atoms with E-state index in [9.17, 15) is 4.79 Å². The summed E-state index contributed by atoms with van der Waals surface area (Å²) in [7, 11) is 3.13. The average Bonchev–Trinajstić information content (AvgIpc) is 3.51. The first-order chi connectivity index (χ1) is 13.7. The molecule has 0 atom stereocenters. The van der Waals surface area contributed by atoms with E-state index in [4.69, 9.17) is 14.5 Å². The number of benzene rings is 2. The fraction of sp³-hybridized carbons (Fsp3) is 0.286. The first kappa shape index (κ1) is 18.6. The Morgan fingerprint density at radius 2 is 1.93 bits per heavy atom. The first-order valence-corrected chi connectivity index (χ1v) is 10.1. The maximum absolute atomic E-state index is 12.8. The predicted octanol–water partition coefficient (Wildman–Crippen LogP) is 4.14. The van der Waals surface area contributed by atoms with Crippen LogP contribution >= 0.6 is 11.8 Å². The minimum absolute atomic E-state index is 0.0511. The van der Waals surface area contributed by atoms with Gasteiger partial charge in [-0.15, -0.1) is 5.10 Å². The van der Waals surface area contributed by atoms with Gasteiger partial charge in [0.05, 0.1) is 31.2 Å². The molecule has 4 rings (SSSR count). The van der Waals surface area contributed by atoms with E-state index >= 15 is 0 Å². The van der Waals surface area contributed by atoms with Crippen LogP contribution in [0.25, 0.3) is 5.69 Å². The molecule has 0 amide bonds. The van der Waals surface area contributed by atoms with Crippen molar-refractivity contribution in [3.63, 3.8) is 0 Å². The monoisotopic (exact) mass is 395 g/mol. The molecule has 2 aromatic carbocycles. The molecule has 0 aliphatic heterocycles. The molecule has 1 saturated carbocycles. The van der Waals surface area contributed by atoms with E-state index in [1.54, 1.807) is 32.4 Å². The van der Waals surface area contributed by atoms with Crippen LogP contribution in [-0.2, 0) is 0 Å². The van der Waals surface area contributed by atoms with Gasteiger partial charge in [0, 0.05) is 5.92 Å². The Labute approximate surface area is 167 Å². The predicted molar refractivity (Wildman–Crippen MR) is 108 cm³/mol. The van der Waals surface area contributed by atoms with Crippen LogP contribution in [-0.4, -0.2) is 40.5 Å². The third-order valence-electron chi connectivity index (χ3n) is 4.60. The Morgan fingerprint density at radius 3 is 2.61 bits per heavy atom. The van der Waals surface area contributed by atoms with Gasteiger partial charge in [0.25, 0.3) is 0 Å². The Morgan fingerprint density at radius 1 is 1.14 bits per heavy atom. The van der Waals surface area contributed by atoms with Crippen molar-refractivity contribution in [3.8, 4) is 17.2 Å². The third kappa shape index (κ3) is 3.89. The van der Waals surface area contributed by atoms with Crippen molar-refractivity contribution < 1.29 is 14.3 Å². The van der Waals surface area contributed by atoms with E-state index in [0.717, 1.165) is 24.4 Å².